The van der Waals surface area contributed by atoms with Gasteiger partial charge in [0.1, 0.15) is 15.8 Å². The van der Waals surface area contributed by atoms with Crippen LogP contribution in [-0.4, -0.2) is 95.2 Å². The molecule has 2 aromatic heterocycles. The maximum atomic E-state index is 14.0. The number of morpholine rings is 1. The topological polar surface area (TPSA) is 117 Å². The number of sulfonamides is 1. The Morgan fingerprint density at radius 1 is 1.13 bits per heavy atom. The highest BCUT2D eigenvalue weighted by atomic mass is 35.5. The van der Waals surface area contributed by atoms with Gasteiger partial charge in [0.2, 0.25) is 5.91 Å². The molecule has 4 heterocycles. The molecule has 208 valence electrons. The minimum Gasteiger partial charge on any atom is -0.379 e. The fourth-order valence-corrected chi connectivity index (χ4v) is 9.36. The van der Waals surface area contributed by atoms with Gasteiger partial charge >= 0.3 is 0 Å². The number of amides is 1. The van der Waals surface area contributed by atoms with Crippen LogP contribution in [-0.2, 0) is 29.4 Å². The van der Waals surface area contributed by atoms with Gasteiger partial charge < -0.3 is 4.74 Å². The van der Waals surface area contributed by atoms with Crippen molar-refractivity contribution in [2.24, 2.45) is 0 Å². The molecular weight excluding hydrogens is 592 g/mol. The highest BCUT2D eigenvalue weighted by Gasteiger charge is 2.42. The maximum absolute atomic E-state index is 14.0. The molecule has 2 aliphatic heterocycles. The lowest BCUT2D eigenvalue weighted by atomic mass is 10.2. The number of anilines is 1. The second kappa shape index (κ2) is 11.8. The molecule has 0 saturated carbocycles. The zero-order chi connectivity index (χ0) is 26.2. The van der Waals surface area contributed by atoms with Crippen LogP contribution in [0.2, 0.25) is 0 Å². The van der Waals surface area contributed by atoms with E-state index in [2.05, 4.69) is 9.88 Å². The number of carbonyl (C=O) groups excluding carboxylic acids is 1. The van der Waals surface area contributed by atoms with Gasteiger partial charge in [-0.25, -0.2) is 21.8 Å². The Kier molecular flexibility index (Phi) is 9.14. The fourth-order valence-electron chi connectivity index (χ4n) is 4.67. The molecule has 2 saturated heterocycles. The molecule has 5 rings (SSSR count). The molecule has 2 aliphatic rings. The van der Waals surface area contributed by atoms with Gasteiger partial charge in [-0.1, -0.05) is 23.5 Å². The summed E-state index contributed by atoms with van der Waals surface area (Å²) in [6.45, 7) is 3.84. The van der Waals surface area contributed by atoms with Gasteiger partial charge in [0, 0.05) is 39.0 Å². The first-order valence-corrected chi connectivity index (χ1v) is 17.0. The van der Waals surface area contributed by atoms with Crippen LogP contribution in [0.1, 0.15) is 12.8 Å². The lowest BCUT2D eigenvalue weighted by Crippen LogP contribution is -2.50. The maximum Gasteiger partial charge on any atom is 0.253 e. The number of benzene rings is 1. The van der Waals surface area contributed by atoms with E-state index in [1.165, 1.54) is 21.7 Å². The molecule has 0 aliphatic carbocycles. The predicted molar refractivity (Wildman–Crippen MR) is 151 cm³/mol. The molecule has 0 spiro atoms. The summed E-state index contributed by atoms with van der Waals surface area (Å²) in [5.41, 5.74) is 0.323. The predicted octanol–water partition coefficient (Wildman–Crippen LogP) is 2.70. The zero-order valence-electron chi connectivity index (χ0n) is 20.7. The van der Waals surface area contributed by atoms with Crippen LogP contribution in [0.4, 0.5) is 5.13 Å². The van der Waals surface area contributed by atoms with E-state index in [9.17, 15) is 21.6 Å². The quantitative estimate of drug-likeness (QED) is 0.377. The molecule has 1 amide bonds. The molecule has 1 atom stereocenters. The summed E-state index contributed by atoms with van der Waals surface area (Å²) in [5, 5.41) is 2.07. The molecule has 0 N–H and O–H groups in total. The Bertz CT molecular complexity index is 1490. The van der Waals surface area contributed by atoms with Crippen LogP contribution in [0, 0.1) is 0 Å². The first kappa shape index (κ1) is 29.3. The van der Waals surface area contributed by atoms with Crippen molar-refractivity contribution in [2.45, 2.75) is 28.0 Å². The number of hydrogen-bond donors (Lipinski definition) is 0. The number of nitrogens with zero attached hydrogens (tertiary/aromatic N) is 4. The van der Waals surface area contributed by atoms with Crippen LogP contribution < -0.4 is 4.90 Å². The average molecular weight is 621 g/mol. The summed E-state index contributed by atoms with van der Waals surface area (Å²) in [6, 6.07) is 7.33. The second-order valence-corrected chi connectivity index (χ2v) is 15.1. The largest absolute Gasteiger partial charge is 0.379 e. The summed E-state index contributed by atoms with van der Waals surface area (Å²) in [7, 11) is -7.34. The normalized spacial score (nSPS) is 19.4. The first-order chi connectivity index (χ1) is 17.7. The van der Waals surface area contributed by atoms with Gasteiger partial charge in [-0.05, 0) is 36.4 Å². The van der Waals surface area contributed by atoms with Gasteiger partial charge in [-0.2, -0.15) is 4.31 Å². The molecule has 1 aromatic carbocycles. The van der Waals surface area contributed by atoms with Crippen molar-refractivity contribution in [2.75, 3.05) is 57.1 Å². The molecule has 3 aromatic rings. The number of halogens is 1. The number of hydrogen-bond acceptors (Lipinski definition) is 10. The summed E-state index contributed by atoms with van der Waals surface area (Å²) in [6.07, 6.45) is 2.13. The molecule has 0 radical (unpaired) electrons. The van der Waals surface area contributed by atoms with E-state index in [4.69, 9.17) is 4.74 Å². The van der Waals surface area contributed by atoms with Crippen LogP contribution in [0.25, 0.3) is 10.2 Å². The van der Waals surface area contributed by atoms with E-state index in [1.807, 2.05) is 0 Å². The van der Waals surface area contributed by atoms with E-state index in [-0.39, 0.29) is 34.0 Å². The molecule has 15 heteroatoms. The van der Waals surface area contributed by atoms with E-state index < -0.39 is 25.9 Å². The second-order valence-electron chi connectivity index (χ2n) is 9.02. The minimum atomic E-state index is -3.81. The lowest BCUT2D eigenvalue weighted by molar-refractivity contribution is -0.121. The summed E-state index contributed by atoms with van der Waals surface area (Å²) in [4.78, 5) is 22.5. The van der Waals surface area contributed by atoms with E-state index >= 15 is 0 Å². The van der Waals surface area contributed by atoms with Crippen molar-refractivity contribution in [3.8, 4) is 0 Å². The number of thiazole rings is 1. The number of carbonyl (C=O) groups is 1. The van der Waals surface area contributed by atoms with Gasteiger partial charge in [-0.3, -0.25) is 14.6 Å². The van der Waals surface area contributed by atoms with Gasteiger partial charge in [0.15, 0.2) is 15.0 Å². The highest BCUT2D eigenvalue weighted by Crippen LogP contribution is 2.35. The molecule has 10 nitrogen and oxygen atoms in total. The van der Waals surface area contributed by atoms with Crippen molar-refractivity contribution in [3.05, 3.63) is 35.7 Å². The molecule has 1 unspecified atom stereocenters. The van der Waals surface area contributed by atoms with E-state index in [1.54, 1.807) is 34.5 Å². The lowest BCUT2D eigenvalue weighted by Gasteiger charge is -2.31. The van der Waals surface area contributed by atoms with E-state index in [0.717, 1.165) is 30.7 Å². The number of sulfone groups is 1. The molecule has 38 heavy (non-hydrogen) atoms. The number of thiophene rings is 1. The first-order valence-electron chi connectivity index (χ1n) is 11.9. The highest BCUT2D eigenvalue weighted by molar-refractivity contribution is 7.91. The van der Waals surface area contributed by atoms with Gasteiger partial charge in [0.25, 0.3) is 10.0 Å². The van der Waals surface area contributed by atoms with Crippen molar-refractivity contribution in [3.63, 3.8) is 0 Å². The van der Waals surface area contributed by atoms with Gasteiger partial charge in [-0.15, -0.1) is 23.7 Å². The van der Waals surface area contributed by atoms with Crippen molar-refractivity contribution in [1.29, 1.82) is 0 Å². The number of aromatic nitrogens is 1. The Morgan fingerprint density at radius 2 is 1.89 bits per heavy atom. The van der Waals surface area contributed by atoms with Crippen molar-refractivity contribution >= 4 is 76.2 Å². The average Bonchev–Trinajstić information content (AvgIpc) is 3.64. The minimum absolute atomic E-state index is 0. The number of ether oxygens (including phenoxy) is 1. The van der Waals surface area contributed by atoms with Crippen molar-refractivity contribution in [1.82, 2.24) is 14.2 Å². The molecular formula is C23H29ClN4O6S4. The monoisotopic (exact) mass is 620 g/mol. The molecule has 2 fully saturated rings. The smallest absolute Gasteiger partial charge is 0.253 e. The fraction of sp³-hybridized carbons (Fsp3) is 0.478. The number of fused-ring (bicyclic) bond motifs is 1. The summed E-state index contributed by atoms with van der Waals surface area (Å²) >= 11 is 2.37. The van der Waals surface area contributed by atoms with Crippen LogP contribution >= 0.6 is 35.1 Å². The summed E-state index contributed by atoms with van der Waals surface area (Å²) < 4.78 is 59.0. The number of rotatable bonds is 8. The van der Waals surface area contributed by atoms with Crippen LogP contribution in [0.15, 0.2) is 44.8 Å². The third-order valence-electron chi connectivity index (χ3n) is 6.56. The molecule has 0 bridgehead atoms. The SMILES string of the molecule is CS(=O)(=O)c1cccc2sc(N(CCN3CCOCC3)C(=O)C3CCCN3S(=O)(=O)c3cccs3)nc12.Cl. The van der Waals surface area contributed by atoms with E-state index in [0.29, 0.717) is 54.5 Å². The van der Waals surface area contributed by atoms with Gasteiger partial charge in [0.05, 0.1) is 22.8 Å². The number of para-hydroxylation sites is 1. The van der Waals surface area contributed by atoms with Crippen molar-refractivity contribution < 1.29 is 26.4 Å². The Morgan fingerprint density at radius 3 is 2.58 bits per heavy atom. The summed E-state index contributed by atoms with van der Waals surface area (Å²) in [5.74, 6) is -0.342. The Hall–Kier alpha value is -1.65. The standard InChI is InChI=1S/C23H28N4O6S4.ClH/c1-36(29,30)19-7-2-6-18-21(19)24-23(35-18)26(11-10-25-12-14-33-15-13-25)22(28)17-5-3-9-27(17)37(31,32)20-8-4-16-34-20;/h2,4,6-8,16-17H,3,5,9-15H2,1H3;1H. The van der Waals surface area contributed by atoms with Crippen LogP contribution in [0.3, 0.4) is 0 Å². The Labute approximate surface area is 236 Å². The Balaban J connectivity index is 0.00000336. The third kappa shape index (κ3) is 5.92. The van der Waals surface area contributed by atoms with Crippen LogP contribution in [0.5, 0.6) is 0 Å². The zero-order valence-corrected chi connectivity index (χ0v) is 24.8. The third-order valence-corrected chi connectivity index (χ3v) is 12.0.